The van der Waals surface area contributed by atoms with Crippen LogP contribution in [0.4, 0.5) is 4.39 Å². The first kappa shape index (κ1) is 10.7. The molecule has 1 aromatic carbocycles. The second-order valence-electron chi connectivity index (χ2n) is 3.67. The van der Waals surface area contributed by atoms with Crippen molar-refractivity contribution in [3.63, 3.8) is 0 Å². The maximum Gasteiger partial charge on any atom is 0.173 e. The fraction of sp³-hybridized carbons (Fsp3) is 0.455. The molecule has 82 valence electrons. The standard InChI is InChI=1S/C11H13ClFNO/c1-15-11-8(12)5-7(6-9(11)13)10-3-2-4-14-10/h5-6,10,14H,2-4H2,1H3. The van der Waals surface area contributed by atoms with Crippen LogP contribution in [0.25, 0.3) is 0 Å². The Morgan fingerprint density at radius 2 is 2.33 bits per heavy atom. The minimum atomic E-state index is -0.395. The molecule has 0 radical (unpaired) electrons. The van der Waals surface area contributed by atoms with Crippen LogP contribution < -0.4 is 10.1 Å². The van der Waals surface area contributed by atoms with Crippen molar-refractivity contribution in [1.82, 2.24) is 5.32 Å². The molecule has 1 N–H and O–H groups in total. The van der Waals surface area contributed by atoms with Gasteiger partial charge in [0.15, 0.2) is 11.6 Å². The van der Waals surface area contributed by atoms with Gasteiger partial charge in [0.1, 0.15) is 0 Å². The molecule has 15 heavy (non-hydrogen) atoms. The molecule has 1 unspecified atom stereocenters. The third-order valence-corrected chi connectivity index (χ3v) is 2.97. The molecular formula is C11H13ClFNO. The fourth-order valence-corrected chi connectivity index (χ4v) is 2.24. The molecule has 1 saturated heterocycles. The van der Waals surface area contributed by atoms with Crippen molar-refractivity contribution in [2.75, 3.05) is 13.7 Å². The Bertz CT molecular complexity index is 341. The van der Waals surface area contributed by atoms with Gasteiger partial charge in [0.05, 0.1) is 12.1 Å². The number of benzene rings is 1. The Morgan fingerprint density at radius 1 is 1.53 bits per heavy atom. The number of ether oxygens (including phenoxy) is 1. The Hall–Kier alpha value is -0.800. The second-order valence-corrected chi connectivity index (χ2v) is 4.07. The molecule has 2 rings (SSSR count). The minimum Gasteiger partial charge on any atom is -0.492 e. The quantitative estimate of drug-likeness (QED) is 0.842. The highest BCUT2D eigenvalue weighted by molar-refractivity contribution is 6.32. The fourth-order valence-electron chi connectivity index (χ4n) is 1.94. The molecule has 0 saturated carbocycles. The third kappa shape index (κ3) is 2.08. The van der Waals surface area contributed by atoms with Crippen LogP contribution in [0.15, 0.2) is 12.1 Å². The average molecular weight is 230 g/mol. The van der Waals surface area contributed by atoms with E-state index in [0.717, 1.165) is 24.9 Å². The second kappa shape index (κ2) is 4.37. The largest absolute Gasteiger partial charge is 0.492 e. The van der Waals surface area contributed by atoms with E-state index in [1.807, 2.05) is 0 Å². The van der Waals surface area contributed by atoms with E-state index in [-0.39, 0.29) is 11.8 Å². The van der Waals surface area contributed by atoms with Crippen molar-refractivity contribution in [2.45, 2.75) is 18.9 Å². The summed E-state index contributed by atoms with van der Waals surface area (Å²) in [5.41, 5.74) is 0.899. The SMILES string of the molecule is COc1c(F)cc(C2CCCN2)cc1Cl. The van der Waals surface area contributed by atoms with Crippen LogP contribution in [0.2, 0.25) is 5.02 Å². The van der Waals surface area contributed by atoms with Gasteiger partial charge in [-0.05, 0) is 37.1 Å². The predicted molar refractivity (Wildman–Crippen MR) is 57.9 cm³/mol. The summed E-state index contributed by atoms with van der Waals surface area (Å²) in [4.78, 5) is 0. The summed E-state index contributed by atoms with van der Waals surface area (Å²) < 4.78 is 18.4. The molecule has 4 heteroatoms. The molecule has 1 atom stereocenters. The van der Waals surface area contributed by atoms with Crippen molar-refractivity contribution in [2.24, 2.45) is 0 Å². The van der Waals surface area contributed by atoms with Gasteiger partial charge in [0, 0.05) is 6.04 Å². The van der Waals surface area contributed by atoms with Crippen molar-refractivity contribution in [3.8, 4) is 5.75 Å². The Kier molecular flexibility index (Phi) is 3.12. The number of hydrogen-bond donors (Lipinski definition) is 1. The van der Waals surface area contributed by atoms with Crippen molar-refractivity contribution >= 4 is 11.6 Å². The van der Waals surface area contributed by atoms with Gasteiger partial charge in [-0.3, -0.25) is 0 Å². The number of nitrogens with one attached hydrogen (secondary N) is 1. The molecule has 1 fully saturated rings. The van der Waals surface area contributed by atoms with Gasteiger partial charge in [0.2, 0.25) is 0 Å². The zero-order valence-corrected chi connectivity index (χ0v) is 9.27. The van der Waals surface area contributed by atoms with E-state index >= 15 is 0 Å². The predicted octanol–water partition coefficient (Wildman–Crippen LogP) is 2.91. The summed E-state index contributed by atoms with van der Waals surface area (Å²) in [7, 11) is 1.41. The van der Waals surface area contributed by atoms with Crippen LogP contribution >= 0.6 is 11.6 Å². The number of halogens is 2. The van der Waals surface area contributed by atoms with Crippen molar-refractivity contribution in [3.05, 3.63) is 28.5 Å². The number of rotatable bonds is 2. The van der Waals surface area contributed by atoms with Crippen LogP contribution in [0, 0.1) is 5.82 Å². The summed E-state index contributed by atoms with van der Waals surface area (Å²) in [6.07, 6.45) is 2.15. The molecular weight excluding hydrogens is 217 g/mol. The van der Waals surface area contributed by atoms with Crippen LogP contribution in [-0.2, 0) is 0 Å². The Morgan fingerprint density at radius 3 is 2.87 bits per heavy atom. The molecule has 0 spiro atoms. The topological polar surface area (TPSA) is 21.3 Å². The molecule has 1 heterocycles. The first-order valence-electron chi connectivity index (χ1n) is 4.98. The first-order valence-corrected chi connectivity index (χ1v) is 5.36. The molecule has 0 amide bonds. The molecule has 0 aromatic heterocycles. The Labute approximate surface area is 93.4 Å². The lowest BCUT2D eigenvalue weighted by atomic mass is 10.1. The maximum absolute atomic E-state index is 13.5. The molecule has 0 aliphatic carbocycles. The molecule has 1 aliphatic rings. The lowest BCUT2D eigenvalue weighted by Gasteiger charge is -2.13. The van der Waals surface area contributed by atoms with E-state index in [1.54, 1.807) is 6.07 Å². The van der Waals surface area contributed by atoms with Gasteiger partial charge < -0.3 is 10.1 Å². The highest BCUT2D eigenvalue weighted by Gasteiger charge is 2.19. The third-order valence-electron chi connectivity index (χ3n) is 2.69. The molecule has 1 aromatic rings. The van der Waals surface area contributed by atoms with E-state index in [0.29, 0.717) is 5.02 Å². The summed E-state index contributed by atoms with van der Waals surface area (Å²) in [6, 6.07) is 3.49. The average Bonchev–Trinajstić information content (AvgIpc) is 2.69. The van der Waals surface area contributed by atoms with Crippen LogP contribution in [-0.4, -0.2) is 13.7 Å². The normalized spacial score (nSPS) is 20.6. The van der Waals surface area contributed by atoms with Crippen LogP contribution in [0.5, 0.6) is 5.75 Å². The molecule has 1 aliphatic heterocycles. The van der Waals surface area contributed by atoms with Gasteiger partial charge in [-0.2, -0.15) is 0 Å². The van der Waals surface area contributed by atoms with Crippen molar-refractivity contribution in [1.29, 1.82) is 0 Å². The minimum absolute atomic E-state index is 0.124. The zero-order valence-electron chi connectivity index (χ0n) is 8.52. The van der Waals surface area contributed by atoms with Crippen molar-refractivity contribution < 1.29 is 9.13 Å². The summed E-state index contributed by atoms with van der Waals surface area (Å²) >= 11 is 5.92. The van der Waals surface area contributed by atoms with Gasteiger partial charge in [0.25, 0.3) is 0 Å². The summed E-state index contributed by atoms with van der Waals surface area (Å²) in [5.74, 6) is -0.271. The van der Waals surface area contributed by atoms with Crippen LogP contribution in [0.3, 0.4) is 0 Å². The number of hydrogen-bond acceptors (Lipinski definition) is 2. The lowest BCUT2D eigenvalue weighted by molar-refractivity contribution is 0.386. The summed E-state index contributed by atoms with van der Waals surface area (Å²) in [6.45, 7) is 0.982. The maximum atomic E-state index is 13.5. The Balaban J connectivity index is 2.33. The van der Waals surface area contributed by atoms with E-state index in [4.69, 9.17) is 16.3 Å². The van der Waals surface area contributed by atoms with E-state index in [9.17, 15) is 4.39 Å². The zero-order chi connectivity index (χ0) is 10.8. The monoisotopic (exact) mass is 229 g/mol. The van der Waals surface area contributed by atoms with Gasteiger partial charge in [-0.25, -0.2) is 4.39 Å². The number of methoxy groups -OCH3 is 1. The van der Waals surface area contributed by atoms with E-state index in [2.05, 4.69) is 5.32 Å². The lowest BCUT2D eigenvalue weighted by Crippen LogP contribution is -2.13. The van der Waals surface area contributed by atoms with Crippen LogP contribution in [0.1, 0.15) is 24.4 Å². The van der Waals surface area contributed by atoms with E-state index < -0.39 is 5.82 Å². The van der Waals surface area contributed by atoms with Gasteiger partial charge in [-0.1, -0.05) is 11.6 Å². The highest BCUT2D eigenvalue weighted by atomic mass is 35.5. The smallest absolute Gasteiger partial charge is 0.173 e. The molecule has 2 nitrogen and oxygen atoms in total. The van der Waals surface area contributed by atoms with Gasteiger partial charge >= 0.3 is 0 Å². The van der Waals surface area contributed by atoms with Gasteiger partial charge in [-0.15, -0.1) is 0 Å². The van der Waals surface area contributed by atoms with E-state index in [1.165, 1.54) is 13.2 Å². The summed E-state index contributed by atoms with van der Waals surface area (Å²) in [5, 5.41) is 3.63. The first-order chi connectivity index (χ1) is 7.22. The highest BCUT2D eigenvalue weighted by Crippen LogP contribution is 2.33. The molecule has 0 bridgehead atoms.